The first kappa shape index (κ1) is 20.7. The number of hydrogen-bond donors (Lipinski definition) is 1. The maximum atomic E-state index is 12.5. The van der Waals surface area contributed by atoms with Gasteiger partial charge in [-0.3, -0.25) is 9.59 Å². The van der Waals surface area contributed by atoms with Gasteiger partial charge in [0, 0.05) is 23.8 Å². The number of benzene rings is 2. The highest BCUT2D eigenvalue weighted by Gasteiger charge is 2.15. The molecule has 0 radical (unpaired) electrons. The molecule has 0 aliphatic rings. The molecule has 0 aliphatic heterocycles. The minimum Gasteiger partial charge on any atom is -0.483 e. The van der Waals surface area contributed by atoms with Crippen molar-refractivity contribution >= 4 is 17.5 Å². The molecule has 1 aromatic heterocycles. The lowest BCUT2D eigenvalue weighted by atomic mass is 10.1. The fourth-order valence-electron chi connectivity index (χ4n) is 2.97. The van der Waals surface area contributed by atoms with E-state index in [1.165, 1.54) is 0 Å². The van der Waals surface area contributed by atoms with Crippen LogP contribution in [-0.2, 0) is 31.4 Å². The van der Waals surface area contributed by atoms with E-state index in [-0.39, 0.29) is 36.7 Å². The van der Waals surface area contributed by atoms with Crippen molar-refractivity contribution in [2.24, 2.45) is 7.05 Å². The molecule has 0 unspecified atom stereocenters. The summed E-state index contributed by atoms with van der Waals surface area (Å²) in [5.41, 5.74) is 3.07. The van der Waals surface area contributed by atoms with E-state index in [1.807, 2.05) is 61.0 Å². The van der Waals surface area contributed by atoms with E-state index in [0.717, 1.165) is 16.8 Å². The number of ether oxygens (including phenoxy) is 1. The third-order valence-corrected chi connectivity index (χ3v) is 4.97. The average molecular weight is 411 g/mol. The van der Waals surface area contributed by atoms with Crippen molar-refractivity contribution < 1.29 is 9.53 Å². The lowest BCUT2D eigenvalue weighted by Crippen LogP contribution is -2.28. The van der Waals surface area contributed by atoms with Crippen molar-refractivity contribution in [3.05, 3.63) is 98.4 Å². The van der Waals surface area contributed by atoms with Gasteiger partial charge in [-0.1, -0.05) is 54.1 Å². The van der Waals surface area contributed by atoms with Crippen molar-refractivity contribution in [3.63, 3.8) is 0 Å². The van der Waals surface area contributed by atoms with Crippen molar-refractivity contribution in [2.75, 3.05) is 0 Å². The Kier molecular flexibility index (Phi) is 6.73. The minimum absolute atomic E-state index is 0.143. The first-order chi connectivity index (χ1) is 13.9. The number of halogens is 1. The molecule has 6 heteroatoms. The average Bonchev–Trinajstić information content (AvgIpc) is 2.71. The SMILES string of the molecule is Cc1cc(=O)c(OCc2ccccc2)c(CNC(=O)Cc2ccc(Cl)cc2)n1C. The number of nitrogens with one attached hydrogen (secondary N) is 1. The van der Waals surface area contributed by atoms with Crippen LogP contribution in [0.2, 0.25) is 5.02 Å². The van der Waals surface area contributed by atoms with Gasteiger partial charge >= 0.3 is 0 Å². The van der Waals surface area contributed by atoms with E-state index < -0.39 is 0 Å². The second kappa shape index (κ2) is 9.43. The first-order valence-corrected chi connectivity index (χ1v) is 9.69. The predicted octanol–water partition coefficient (Wildman–Crippen LogP) is 3.79. The van der Waals surface area contributed by atoms with Crippen LogP contribution in [0, 0.1) is 6.92 Å². The van der Waals surface area contributed by atoms with E-state index in [0.29, 0.717) is 10.7 Å². The summed E-state index contributed by atoms with van der Waals surface area (Å²) in [6.45, 7) is 2.33. The molecule has 1 amide bonds. The summed E-state index contributed by atoms with van der Waals surface area (Å²) < 4.78 is 7.72. The van der Waals surface area contributed by atoms with Crippen molar-refractivity contribution in [3.8, 4) is 5.75 Å². The van der Waals surface area contributed by atoms with Crippen LogP contribution < -0.4 is 15.5 Å². The smallest absolute Gasteiger partial charge is 0.224 e. The van der Waals surface area contributed by atoms with Crippen molar-refractivity contribution in [2.45, 2.75) is 26.5 Å². The number of carbonyl (C=O) groups is 1. The summed E-state index contributed by atoms with van der Waals surface area (Å²) in [6.07, 6.45) is 0.233. The Balaban J connectivity index is 1.73. The Morgan fingerprint density at radius 2 is 1.76 bits per heavy atom. The Morgan fingerprint density at radius 1 is 1.07 bits per heavy atom. The third kappa shape index (κ3) is 5.48. The topological polar surface area (TPSA) is 60.3 Å². The quantitative estimate of drug-likeness (QED) is 0.644. The second-order valence-electron chi connectivity index (χ2n) is 6.84. The summed E-state index contributed by atoms with van der Waals surface area (Å²) >= 11 is 5.88. The number of rotatable bonds is 7. The Bertz CT molecular complexity index is 1040. The number of carbonyl (C=O) groups excluding carboxylic acids is 1. The third-order valence-electron chi connectivity index (χ3n) is 4.72. The maximum absolute atomic E-state index is 12.5. The highest BCUT2D eigenvalue weighted by molar-refractivity contribution is 6.30. The van der Waals surface area contributed by atoms with Gasteiger partial charge in [0.25, 0.3) is 0 Å². The molecule has 0 saturated heterocycles. The molecule has 2 aromatic carbocycles. The predicted molar refractivity (Wildman–Crippen MR) is 114 cm³/mol. The van der Waals surface area contributed by atoms with Gasteiger partial charge in [-0.25, -0.2) is 0 Å². The van der Waals surface area contributed by atoms with Gasteiger partial charge < -0.3 is 14.6 Å². The number of aromatic nitrogens is 1. The van der Waals surface area contributed by atoms with Gasteiger partial charge in [0.15, 0.2) is 5.75 Å². The molecule has 0 atom stereocenters. The number of aryl methyl sites for hydroxylation is 1. The van der Waals surface area contributed by atoms with Crippen LogP contribution in [-0.4, -0.2) is 10.5 Å². The zero-order valence-corrected chi connectivity index (χ0v) is 17.2. The largest absolute Gasteiger partial charge is 0.483 e. The lowest BCUT2D eigenvalue weighted by Gasteiger charge is -2.17. The van der Waals surface area contributed by atoms with Gasteiger partial charge in [-0.2, -0.15) is 0 Å². The molecular formula is C23H23ClN2O3. The molecule has 1 heterocycles. The molecular weight excluding hydrogens is 388 g/mol. The summed E-state index contributed by atoms with van der Waals surface area (Å²) in [7, 11) is 1.85. The molecule has 29 heavy (non-hydrogen) atoms. The Morgan fingerprint density at radius 3 is 2.45 bits per heavy atom. The molecule has 0 fully saturated rings. The number of nitrogens with zero attached hydrogens (tertiary/aromatic N) is 1. The van der Waals surface area contributed by atoms with Gasteiger partial charge in [-0.15, -0.1) is 0 Å². The zero-order chi connectivity index (χ0) is 20.8. The zero-order valence-electron chi connectivity index (χ0n) is 16.4. The summed E-state index contributed by atoms with van der Waals surface area (Å²) in [6, 6.07) is 18.3. The lowest BCUT2D eigenvalue weighted by molar-refractivity contribution is -0.120. The van der Waals surface area contributed by atoms with E-state index in [9.17, 15) is 9.59 Å². The molecule has 3 rings (SSSR count). The Hall–Kier alpha value is -3.05. The molecule has 0 spiro atoms. The molecule has 150 valence electrons. The van der Waals surface area contributed by atoms with Crippen LogP contribution in [0.15, 0.2) is 65.5 Å². The van der Waals surface area contributed by atoms with Crippen molar-refractivity contribution in [1.29, 1.82) is 0 Å². The van der Waals surface area contributed by atoms with Crippen LogP contribution in [0.1, 0.15) is 22.5 Å². The normalized spacial score (nSPS) is 10.6. The minimum atomic E-state index is -0.196. The summed E-state index contributed by atoms with van der Waals surface area (Å²) in [5.74, 6) is 0.115. The number of pyridine rings is 1. The van der Waals surface area contributed by atoms with Crippen molar-refractivity contribution in [1.82, 2.24) is 9.88 Å². The van der Waals surface area contributed by atoms with Gasteiger partial charge in [-0.05, 0) is 30.2 Å². The van der Waals surface area contributed by atoms with Gasteiger partial charge in [0.2, 0.25) is 11.3 Å². The van der Waals surface area contributed by atoms with Crippen LogP contribution in [0.3, 0.4) is 0 Å². The monoisotopic (exact) mass is 410 g/mol. The summed E-state index contributed by atoms with van der Waals surface area (Å²) in [4.78, 5) is 24.9. The fraction of sp³-hybridized carbons (Fsp3) is 0.217. The van der Waals surface area contributed by atoms with E-state index >= 15 is 0 Å². The van der Waals surface area contributed by atoms with Crippen LogP contribution in [0.5, 0.6) is 5.75 Å². The molecule has 3 aromatic rings. The highest BCUT2D eigenvalue weighted by Crippen LogP contribution is 2.17. The van der Waals surface area contributed by atoms with E-state index in [2.05, 4.69) is 5.32 Å². The summed E-state index contributed by atoms with van der Waals surface area (Å²) in [5, 5.41) is 3.51. The highest BCUT2D eigenvalue weighted by atomic mass is 35.5. The number of amides is 1. The van der Waals surface area contributed by atoms with Crippen LogP contribution in [0.25, 0.3) is 0 Å². The van der Waals surface area contributed by atoms with Crippen LogP contribution in [0.4, 0.5) is 0 Å². The standard InChI is InChI=1S/C23H23ClN2O3/c1-16-12-21(27)23(29-15-18-6-4-3-5-7-18)20(26(16)2)14-25-22(28)13-17-8-10-19(24)11-9-17/h3-12H,13-15H2,1-2H3,(H,25,28). The van der Waals surface area contributed by atoms with Gasteiger partial charge in [0.1, 0.15) is 6.61 Å². The molecule has 0 saturated carbocycles. The molecule has 0 bridgehead atoms. The Labute approximate surface area is 174 Å². The van der Waals surface area contributed by atoms with E-state index in [4.69, 9.17) is 16.3 Å². The van der Waals surface area contributed by atoms with Crippen LogP contribution >= 0.6 is 11.6 Å². The molecule has 5 nitrogen and oxygen atoms in total. The fourth-order valence-corrected chi connectivity index (χ4v) is 3.10. The number of hydrogen-bond acceptors (Lipinski definition) is 3. The molecule has 1 N–H and O–H groups in total. The van der Waals surface area contributed by atoms with E-state index in [1.54, 1.807) is 18.2 Å². The second-order valence-corrected chi connectivity index (χ2v) is 7.28. The maximum Gasteiger partial charge on any atom is 0.224 e. The molecule has 0 aliphatic carbocycles. The van der Waals surface area contributed by atoms with Gasteiger partial charge in [0.05, 0.1) is 18.7 Å². The first-order valence-electron chi connectivity index (χ1n) is 9.31.